The Morgan fingerprint density at radius 1 is 1.37 bits per heavy atom. The maximum absolute atomic E-state index is 3.58. The van der Waals surface area contributed by atoms with E-state index in [-0.39, 0.29) is 0 Å². The number of nitrogens with zero attached hydrogens (tertiary/aromatic N) is 1. The molecule has 1 N–H and O–H groups in total. The zero-order valence-electron chi connectivity index (χ0n) is 12.5. The minimum atomic E-state index is 0.362. The maximum Gasteiger partial charge on any atom is 0.0415 e. The lowest BCUT2D eigenvalue weighted by Gasteiger charge is -2.30. The molecule has 0 fully saturated rings. The van der Waals surface area contributed by atoms with E-state index >= 15 is 0 Å². The normalized spacial score (nSPS) is 14.2. The molecule has 0 aromatic heterocycles. The first kappa shape index (κ1) is 16.9. The predicted molar refractivity (Wildman–Crippen MR) is 92.5 cm³/mol. The lowest BCUT2D eigenvalue weighted by Crippen LogP contribution is -2.32. The Morgan fingerprint density at radius 3 is 2.63 bits per heavy atom. The molecule has 0 saturated heterocycles. The molecule has 0 radical (unpaired) electrons. The van der Waals surface area contributed by atoms with Crippen LogP contribution in [-0.4, -0.2) is 31.6 Å². The zero-order chi connectivity index (χ0) is 14.4. The van der Waals surface area contributed by atoms with Gasteiger partial charge in [-0.05, 0) is 50.4 Å². The Kier molecular flexibility index (Phi) is 7.26. The average Bonchev–Trinajstić information content (AvgIpc) is 2.38. The fraction of sp³-hybridized carbons (Fsp3) is 0.600. The smallest absolute Gasteiger partial charge is 0.0415 e. The number of benzene rings is 1. The lowest BCUT2D eigenvalue weighted by molar-refractivity contribution is 0.594. The summed E-state index contributed by atoms with van der Waals surface area (Å²) in [4.78, 5) is 2.38. The Bertz CT molecular complexity index is 398. The van der Waals surface area contributed by atoms with Gasteiger partial charge in [0.05, 0.1) is 0 Å². The first-order chi connectivity index (χ1) is 9.01. The number of rotatable bonds is 7. The summed E-state index contributed by atoms with van der Waals surface area (Å²) in [6, 6.07) is 7.46. The van der Waals surface area contributed by atoms with E-state index in [0.717, 1.165) is 16.8 Å². The molecule has 1 rings (SSSR count). The van der Waals surface area contributed by atoms with Crippen molar-refractivity contribution in [1.82, 2.24) is 5.32 Å². The number of hydrogen-bond donors (Lipinski definition) is 1. The molecule has 0 aliphatic heterocycles. The molecule has 1 aromatic rings. The van der Waals surface area contributed by atoms with Crippen LogP contribution in [0.3, 0.4) is 0 Å². The Morgan fingerprint density at radius 2 is 2.05 bits per heavy atom. The largest absolute Gasteiger partial charge is 0.371 e. The van der Waals surface area contributed by atoms with E-state index < -0.39 is 0 Å². The molecule has 0 heterocycles. The van der Waals surface area contributed by atoms with Crippen molar-refractivity contribution in [3.63, 3.8) is 0 Å². The van der Waals surface area contributed by atoms with Crippen molar-refractivity contribution < 1.29 is 0 Å². The quantitative estimate of drug-likeness (QED) is 0.793. The highest BCUT2D eigenvalue weighted by Crippen LogP contribution is 2.30. The van der Waals surface area contributed by atoms with Gasteiger partial charge in [0.2, 0.25) is 0 Å². The van der Waals surface area contributed by atoms with Crippen LogP contribution in [0.15, 0.2) is 22.7 Å². The highest BCUT2D eigenvalue weighted by atomic mass is 79.9. The molecule has 0 aliphatic rings. The summed E-state index contributed by atoms with van der Waals surface area (Å²) in [5.41, 5.74) is 2.67. The Hall–Kier alpha value is -0.190. The van der Waals surface area contributed by atoms with Crippen molar-refractivity contribution in [1.29, 1.82) is 0 Å². The van der Waals surface area contributed by atoms with Crippen molar-refractivity contribution in [2.24, 2.45) is 0 Å². The van der Waals surface area contributed by atoms with Gasteiger partial charge < -0.3 is 10.2 Å². The van der Waals surface area contributed by atoms with Crippen LogP contribution in [0.4, 0.5) is 5.69 Å². The second kappa shape index (κ2) is 8.18. The van der Waals surface area contributed by atoms with Crippen LogP contribution in [0.1, 0.15) is 32.4 Å². The number of thioether (sulfide) groups is 1. The van der Waals surface area contributed by atoms with Crippen molar-refractivity contribution in [2.45, 2.75) is 32.9 Å². The highest BCUT2D eigenvalue weighted by molar-refractivity contribution is 9.10. The molecular weight excluding hydrogens is 320 g/mol. The van der Waals surface area contributed by atoms with Crippen LogP contribution in [0, 0.1) is 0 Å². The number of anilines is 1. The number of nitrogens with one attached hydrogen (secondary N) is 1. The van der Waals surface area contributed by atoms with Crippen LogP contribution in [0.5, 0.6) is 0 Å². The van der Waals surface area contributed by atoms with Crippen molar-refractivity contribution in [2.75, 3.05) is 30.5 Å². The second-order valence-corrected chi connectivity index (χ2v) is 6.72. The van der Waals surface area contributed by atoms with Gasteiger partial charge in [0.1, 0.15) is 0 Å². The van der Waals surface area contributed by atoms with E-state index in [9.17, 15) is 0 Å². The molecule has 0 amide bonds. The molecule has 4 heteroatoms. The van der Waals surface area contributed by atoms with E-state index in [4.69, 9.17) is 0 Å². The summed E-state index contributed by atoms with van der Waals surface area (Å²) in [7, 11) is 2.19. The molecule has 2 nitrogen and oxygen atoms in total. The average molecular weight is 345 g/mol. The summed E-state index contributed by atoms with van der Waals surface area (Å²) in [5, 5.41) is 3.50. The SMILES string of the molecule is CCNC(C)c1cc(Br)ccc1N(C)C(C)CSC. The molecule has 2 unspecified atom stereocenters. The molecule has 0 aliphatic carbocycles. The van der Waals surface area contributed by atoms with Gasteiger partial charge in [-0.15, -0.1) is 0 Å². The van der Waals surface area contributed by atoms with Gasteiger partial charge in [-0.1, -0.05) is 22.9 Å². The van der Waals surface area contributed by atoms with Crippen LogP contribution in [0.2, 0.25) is 0 Å². The summed E-state index contributed by atoms with van der Waals surface area (Å²) in [5.74, 6) is 1.14. The summed E-state index contributed by atoms with van der Waals surface area (Å²) < 4.78 is 1.14. The molecule has 0 saturated carbocycles. The van der Waals surface area contributed by atoms with E-state index in [2.05, 4.69) is 78.4 Å². The highest BCUT2D eigenvalue weighted by Gasteiger charge is 2.16. The molecule has 1 aromatic carbocycles. The molecule has 19 heavy (non-hydrogen) atoms. The van der Waals surface area contributed by atoms with Crippen molar-refractivity contribution >= 4 is 33.4 Å². The summed E-state index contributed by atoms with van der Waals surface area (Å²) >= 11 is 5.48. The van der Waals surface area contributed by atoms with Gasteiger partial charge in [-0.3, -0.25) is 0 Å². The third kappa shape index (κ3) is 4.69. The minimum absolute atomic E-state index is 0.362. The summed E-state index contributed by atoms with van der Waals surface area (Å²) in [6.07, 6.45) is 2.16. The first-order valence-corrected chi connectivity index (χ1v) is 8.94. The first-order valence-electron chi connectivity index (χ1n) is 6.75. The van der Waals surface area contributed by atoms with Gasteiger partial charge in [-0.25, -0.2) is 0 Å². The van der Waals surface area contributed by atoms with Gasteiger partial charge in [0.25, 0.3) is 0 Å². The fourth-order valence-corrected chi connectivity index (χ4v) is 3.28. The number of hydrogen-bond acceptors (Lipinski definition) is 3. The van der Waals surface area contributed by atoms with Crippen molar-refractivity contribution in [3.05, 3.63) is 28.2 Å². The van der Waals surface area contributed by atoms with E-state index in [0.29, 0.717) is 12.1 Å². The van der Waals surface area contributed by atoms with Gasteiger partial charge >= 0.3 is 0 Å². The van der Waals surface area contributed by atoms with Crippen LogP contribution in [0.25, 0.3) is 0 Å². The third-order valence-electron chi connectivity index (χ3n) is 3.42. The fourth-order valence-electron chi connectivity index (χ4n) is 2.20. The van der Waals surface area contributed by atoms with Crippen LogP contribution >= 0.6 is 27.7 Å². The standard InChI is InChI=1S/C15H25BrN2S/c1-6-17-12(3)14-9-13(16)7-8-15(14)18(4)11(2)10-19-5/h7-9,11-12,17H,6,10H2,1-5H3. The monoisotopic (exact) mass is 344 g/mol. The third-order valence-corrected chi connectivity index (χ3v) is 4.72. The van der Waals surface area contributed by atoms with Gasteiger partial charge in [0, 0.05) is 35.0 Å². The maximum atomic E-state index is 3.58. The van der Waals surface area contributed by atoms with Gasteiger partial charge in [-0.2, -0.15) is 11.8 Å². The minimum Gasteiger partial charge on any atom is -0.371 e. The summed E-state index contributed by atoms with van der Waals surface area (Å²) in [6.45, 7) is 7.63. The van der Waals surface area contributed by atoms with Gasteiger partial charge in [0.15, 0.2) is 0 Å². The van der Waals surface area contributed by atoms with E-state index in [1.807, 2.05) is 11.8 Å². The topological polar surface area (TPSA) is 15.3 Å². The molecule has 108 valence electrons. The molecular formula is C15H25BrN2S. The van der Waals surface area contributed by atoms with E-state index in [1.165, 1.54) is 11.3 Å². The molecule has 0 bridgehead atoms. The predicted octanol–water partition coefficient (Wildman–Crippen LogP) is 4.31. The lowest BCUT2D eigenvalue weighted by atomic mass is 10.0. The Balaban J connectivity index is 3.05. The van der Waals surface area contributed by atoms with E-state index in [1.54, 1.807) is 0 Å². The van der Waals surface area contributed by atoms with Crippen LogP contribution in [-0.2, 0) is 0 Å². The number of halogens is 1. The Labute approximate surface area is 130 Å². The van der Waals surface area contributed by atoms with Crippen LogP contribution < -0.4 is 10.2 Å². The molecule has 2 atom stereocenters. The molecule has 0 spiro atoms. The second-order valence-electron chi connectivity index (χ2n) is 4.90. The zero-order valence-corrected chi connectivity index (χ0v) is 14.9. The van der Waals surface area contributed by atoms with Crippen molar-refractivity contribution in [3.8, 4) is 0 Å².